The third-order valence-corrected chi connectivity index (χ3v) is 2.05. The molecule has 0 aliphatic heterocycles. The Labute approximate surface area is 102 Å². The van der Waals surface area contributed by atoms with Gasteiger partial charge in [0.15, 0.2) is 0 Å². The van der Waals surface area contributed by atoms with Gasteiger partial charge in [0.1, 0.15) is 5.82 Å². The Morgan fingerprint density at radius 2 is 2.31 bits per heavy atom. The number of amides is 1. The highest BCUT2D eigenvalue weighted by atomic mass is 35.5. The first kappa shape index (κ1) is 14.9. The van der Waals surface area contributed by atoms with E-state index in [2.05, 4.69) is 10.3 Å². The van der Waals surface area contributed by atoms with Crippen LogP contribution >= 0.6 is 12.4 Å². The zero-order valence-electron chi connectivity index (χ0n) is 9.56. The lowest BCUT2D eigenvalue weighted by atomic mass is 10.1. The van der Waals surface area contributed by atoms with Crippen molar-refractivity contribution in [3.8, 4) is 0 Å². The van der Waals surface area contributed by atoms with Crippen molar-refractivity contribution >= 4 is 24.1 Å². The molecule has 0 spiro atoms. The van der Waals surface area contributed by atoms with Crippen molar-refractivity contribution in [1.29, 1.82) is 0 Å². The van der Waals surface area contributed by atoms with Crippen LogP contribution in [0.15, 0.2) is 18.3 Å². The minimum Gasteiger partial charge on any atom is -0.324 e. The predicted octanol–water partition coefficient (Wildman–Crippen LogP) is 2.26. The van der Waals surface area contributed by atoms with E-state index in [-0.39, 0.29) is 24.4 Å². The van der Waals surface area contributed by atoms with Gasteiger partial charge in [0.2, 0.25) is 5.91 Å². The summed E-state index contributed by atoms with van der Waals surface area (Å²) in [6.07, 6.45) is 3.00. The molecule has 1 aromatic heterocycles. The number of aromatic nitrogens is 1. The lowest BCUT2D eigenvalue weighted by Gasteiger charge is -2.08. The molecule has 1 amide bonds. The summed E-state index contributed by atoms with van der Waals surface area (Å²) >= 11 is 0. The third kappa shape index (κ3) is 4.59. The highest BCUT2D eigenvalue weighted by Gasteiger charge is 2.04. The molecule has 0 fully saturated rings. The second-order valence-electron chi connectivity index (χ2n) is 3.56. The average Bonchev–Trinajstić information content (AvgIpc) is 2.18. The zero-order chi connectivity index (χ0) is 11.3. The van der Waals surface area contributed by atoms with Crippen molar-refractivity contribution in [2.45, 2.75) is 32.7 Å². The van der Waals surface area contributed by atoms with Gasteiger partial charge in [0.25, 0.3) is 0 Å². The Hall–Kier alpha value is -1.13. The fourth-order valence-electron chi connectivity index (χ4n) is 1.23. The van der Waals surface area contributed by atoms with E-state index in [1.54, 1.807) is 12.3 Å². The van der Waals surface area contributed by atoms with Crippen LogP contribution in [0.1, 0.15) is 38.3 Å². The molecule has 0 aromatic carbocycles. The van der Waals surface area contributed by atoms with Crippen LogP contribution in [0, 0.1) is 0 Å². The molecule has 0 radical (unpaired) electrons. The predicted molar refractivity (Wildman–Crippen MR) is 67.6 cm³/mol. The maximum Gasteiger partial charge on any atom is 0.225 e. The lowest BCUT2D eigenvalue weighted by Crippen LogP contribution is -2.13. The smallest absolute Gasteiger partial charge is 0.225 e. The van der Waals surface area contributed by atoms with Crippen LogP contribution < -0.4 is 11.1 Å². The van der Waals surface area contributed by atoms with Gasteiger partial charge >= 0.3 is 0 Å². The first-order chi connectivity index (χ1) is 7.13. The van der Waals surface area contributed by atoms with E-state index < -0.39 is 0 Å². The maximum atomic E-state index is 11.3. The maximum absolute atomic E-state index is 11.3. The highest BCUT2D eigenvalue weighted by Crippen LogP contribution is 2.12. The molecule has 3 N–H and O–H groups in total. The largest absolute Gasteiger partial charge is 0.324 e. The quantitative estimate of drug-likeness (QED) is 0.852. The summed E-state index contributed by atoms with van der Waals surface area (Å²) in [4.78, 5) is 15.4. The van der Waals surface area contributed by atoms with Gasteiger partial charge in [0, 0.05) is 18.7 Å². The van der Waals surface area contributed by atoms with E-state index in [0.717, 1.165) is 12.0 Å². The normalized spacial score (nSPS) is 11.4. The molecule has 0 bridgehead atoms. The van der Waals surface area contributed by atoms with Gasteiger partial charge < -0.3 is 11.1 Å². The number of halogens is 1. The summed E-state index contributed by atoms with van der Waals surface area (Å²) in [5.41, 5.74) is 6.70. The van der Waals surface area contributed by atoms with Gasteiger partial charge in [-0.3, -0.25) is 4.79 Å². The second kappa shape index (κ2) is 7.19. The molecule has 90 valence electrons. The van der Waals surface area contributed by atoms with E-state index in [4.69, 9.17) is 5.73 Å². The summed E-state index contributed by atoms with van der Waals surface area (Å²) in [6.45, 7) is 3.86. The molecule has 5 heteroatoms. The first-order valence-corrected chi connectivity index (χ1v) is 5.15. The number of hydrogen-bond donors (Lipinski definition) is 2. The number of carbonyl (C=O) groups excluding carboxylic acids is 1. The summed E-state index contributed by atoms with van der Waals surface area (Å²) < 4.78 is 0. The monoisotopic (exact) mass is 243 g/mol. The molecule has 1 heterocycles. The van der Waals surface area contributed by atoms with Crippen molar-refractivity contribution in [3.05, 3.63) is 23.9 Å². The summed E-state index contributed by atoms with van der Waals surface area (Å²) in [6, 6.07) is 3.60. The molecule has 4 nitrogen and oxygen atoms in total. The number of anilines is 1. The Kier molecular flexibility index (Phi) is 6.69. The van der Waals surface area contributed by atoms with Gasteiger partial charge in [-0.2, -0.15) is 0 Å². The fourth-order valence-corrected chi connectivity index (χ4v) is 1.23. The number of hydrogen-bond acceptors (Lipinski definition) is 3. The molecular weight excluding hydrogens is 226 g/mol. The number of nitrogens with one attached hydrogen (secondary N) is 1. The molecule has 16 heavy (non-hydrogen) atoms. The van der Waals surface area contributed by atoms with Gasteiger partial charge in [-0.25, -0.2) is 4.98 Å². The number of rotatable bonds is 4. The molecule has 0 saturated carbocycles. The standard InChI is InChI=1S/C11H17N3O.ClH/c1-3-4-11(15)14-10-7-9(8(2)12)5-6-13-10;/h5-8H,3-4,12H2,1-2H3,(H,13,14,15);1H. The van der Waals surface area contributed by atoms with E-state index >= 15 is 0 Å². The van der Waals surface area contributed by atoms with Crippen LogP contribution in [0.5, 0.6) is 0 Å². The molecule has 1 rings (SSSR count). The molecule has 0 saturated heterocycles. The van der Waals surface area contributed by atoms with Crippen LogP contribution in [0.2, 0.25) is 0 Å². The van der Waals surface area contributed by atoms with Gasteiger partial charge in [0.05, 0.1) is 0 Å². The Morgan fingerprint density at radius 3 is 2.88 bits per heavy atom. The summed E-state index contributed by atoms with van der Waals surface area (Å²) in [5, 5.41) is 2.73. The highest BCUT2D eigenvalue weighted by molar-refractivity contribution is 5.89. The van der Waals surface area contributed by atoms with Gasteiger partial charge in [-0.15, -0.1) is 12.4 Å². The molecular formula is C11H18ClN3O. The van der Waals surface area contributed by atoms with Crippen LogP contribution in [-0.2, 0) is 4.79 Å². The van der Waals surface area contributed by atoms with Crippen LogP contribution in [0.3, 0.4) is 0 Å². The molecule has 0 aliphatic carbocycles. The number of nitrogens with zero attached hydrogens (tertiary/aromatic N) is 1. The Balaban J connectivity index is 0.00000225. The van der Waals surface area contributed by atoms with E-state index in [1.165, 1.54) is 0 Å². The SMILES string of the molecule is CCCC(=O)Nc1cc(C(C)N)ccn1.Cl. The number of carbonyl (C=O) groups is 1. The average molecular weight is 244 g/mol. The summed E-state index contributed by atoms with van der Waals surface area (Å²) in [7, 11) is 0. The Bertz CT molecular complexity index is 342. The first-order valence-electron chi connectivity index (χ1n) is 5.15. The lowest BCUT2D eigenvalue weighted by molar-refractivity contribution is -0.116. The van der Waals surface area contributed by atoms with Crippen molar-refractivity contribution in [2.24, 2.45) is 5.73 Å². The molecule has 1 aromatic rings. The van der Waals surface area contributed by atoms with E-state index in [0.29, 0.717) is 12.2 Å². The number of pyridine rings is 1. The van der Waals surface area contributed by atoms with E-state index in [9.17, 15) is 4.79 Å². The second-order valence-corrected chi connectivity index (χ2v) is 3.56. The fraction of sp³-hybridized carbons (Fsp3) is 0.455. The van der Waals surface area contributed by atoms with Crippen LogP contribution in [0.4, 0.5) is 5.82 Å². The van der Waals surface area contributed by atoms with Crippen molar-refractivity contribution in [3.63, 3.8) is 0 Å². The molecule has 0 aliphatic rings. The van der Waals surface area contributed by atoms with Gasteiger partial charge in [-0.1, -0.05) is 6.92 Å². The van der Waals surface area contributed by atoms with Gasteiger partial charge in [-0.05, 0) is 31.0 Å². The number of nitrogens with two attached hydrogens (primary N) is 1. The van der Waals surface area contributed by atoms with Crippen molar-refractivity contribution < 1.29 is 4.79 Å². The minimum absolute atomic E-state index is 0. The minimum atomic E-state index is -0.0465. The molecule has 1 unspecified atom stereocenters. The molecule has 1 atom stereocenters. The third-order valence-electron chi connectivity index (χ3n) is 2.05. The van der Waals surface area contributed by atoms with E-state index in [1.807, 2.05) is 19.9 Å². The van der Waals surface area contributed by atoms with Crippen molar-refractivity contribution in [2.75, 3.05) is 5.32 Å². The van der Waals surface area contributed by atoms with Crippen LogP contribution in [0.25, 0.3) is 0 Å². The van der Waals surface area contributed by atoms with Crippen LogP contribution in [-0.4, -0.2) is 10.9 Å². The summed E-state index contributed by atoms with van der Waals surface area (Å²) in [5.74, 6) is 0.565. The van der Waals surface area contributed by atoms with Crippen molar-refractivity contribution in [1.82, 2.24) is 4.98 Å². The Morgan fingerprint density at radius 1 is 1.62 bits per heavy atom. The topological polar surface area (TPSA) is 68.0 Å². The zero-order valence-corrected chi connectivity index (χ0v) is 10.4.